The third-order valence-corrected chi connectivity index (χ3v) is 10.7. The Balaban J connectivity index is 0.000000439. The summed E-state index contributed by atoms with van der Waals surface area (Å²) in [5.41, 5.74) is 4.88. The summed E-state index contributed by atoms with van der Waals surface area (Å²) in [6.07, 6.45) is 4.74. The molecule has 3 atom stereocenters. The van der Waals surface area contributed by atoms with Crippen LogP contribution in [0.5, 0.6) is 0 Å². The fraction of sp³-hybridized carbons (Fsp3) is 0.478. The minimum atomic E-state index is -0.949. The predicted octanol–water partition coefficient (Wildman–Crippen LogP) is 9.82. The zero-order valence-electron chi connectivity index (χ0n) is 36.1. The Morgan fingerprint density at radius 1 is 0.767 bits per heavy atom. The number of ether oxygens (including phenoxy) is 3. The van der Waals surface area contributed by atoms with Gasteiger partial charge in [0.1, 0.15) is 22.9 Å². The highest BCUT2D eigenvalue weighted by atomic mass is 16.6. The smallest absolute Gasteiger partial charge is 0.410 e. The number of rotatable bonds is 8. The third kappa shape index (κ3) is 10.4. The van der Waals surface area contributed by atoms with Gasteiger partial charge in [-0.25, -0.2) is 19.6 Å². The van der Waals surface area contributed by atoms with Gasteiger partial charge in [-0.05, 0) is 119 Å². The monoisotopic (exact) mass is 822 g/mol. The molecule has 0 spiro atoms. The summed E-state index contributed by atoms with van der Waals surface area (Å²) in [6.45, 7) is 16.2. The first kappa shape index (κ1) is 43.7. The van der Waals surface area contributed by atoms with E-state index in [2.05, 4.69) is 68.2 Å². The fourth-order valence-corrected chi connectivity index (χ4v) is 7.66. The van der Waals surface area contributed by atoms with Gasteiger partial charge in [0.2, 0.25) is 0 Å². The van der Waals surface area contributed by atoms with E-state index in [0.717, 1.165) is 81.5 Å². The lowest BCUT2D eigenvalue weighted by Crippen LogP contribution is -2.36. The lowest BCUT2D eigenvalue weighted by Gasteiger charge is -2.27. The van der Waals surface area contributed by atoms with E-state index in [1.54, 1.807) is 23.6 Å². The van der Waals surface area contributed by atoms with Crippen LogP contribution in [0.3, 0.4) is 0 Å². The number of nitrogens with one attached hydrogen (secondary N) is 2. The normalized spacial score (nSPS) is 17.4. The average Bonchev–Trinajstić information content (AvgIpc) is 4.01. The molecule has 2 amide bonds. The Morgan fingerprint density at radius 2 is 1.30 bits per heavy atom. The highest BCUT2D eigenvalue weighted by Crippen LogP contribution is 2.36. The standard InChI is InChI=1S/C38H44N6O4.C8H14O4/c1-37(2,3)47-35(45)43-17-7-9-31(43)33-39-22-30(42-33)27-14-13-23-19-24(11-12-25(23)20-27)26-15-16-28-29(21-26)41-34(40-28)32-10-8-18-44(32)36(46)48-38(4,5)6;1-5(2)6(8(10)11)4-7(9)12-3/h11-16,19-22,31-32H,7-10,17-18H2,1-6H3,(H,39,42)(H,40,41);5-6H,4H2,1-3H3,(H,10,11)/t31-,32-;6-/m00/s1. The van der Waals surface area contributed by atoms with Crippen molar-refractivity contribution < 1.29 is 38.5 Å². The summed E-state index contributed by atoms with van der Waals surface area (Å²) in [5, 5.41) is 10.9. The number of benzene rings is 3. The van der Waals surface area contributed by atoms with Gasteiger partial charge in [-0.1, -0.05) is 44.2 Å². The summed E-state index contributed by atoms with van der Waals surface area (Å²) < 4.78 is 15.7. The van der Waals surface area contributed by atoms with E-state index >= 15 is 0 Å². The first-order valence-corrected chi connectivity index (χ1v) is 20.7. The van der Waals surface area contributed by atoms with Crippen LogP contribution in [-0.4, -0.2) is 90.4 Å². The second-order valence-corrected chi connectivity index (χ2v) is 17.9. The van der Waals surface area contributed by atoms with Crippen LogP contribution in [0.1, 0.15) is 111 Å². The summed E-state index contributed by atoms with van der Waals surface area (Å²) >= 11 is 0. The molecule has 3 N–H and O–H groups in total. The van der Waals surface area contributed by atoms with Crippen molar-refractivity contribution in [1.29, 1.82) is 0 Å². The van der Waals surface area contributed by atoms with E-state index in [4.69, 9.17) is 19.6 Å². The number of hydrogen-bond donors (Lipinski definition) is 3. The molecule has 0 radical (unpaired) electrons. The molecule has 2 aliphatic rings. The molecule has 0 unspecified atom stereocenters. The number of fused-ring (bicyclic) bond motifs is 2. The SMILES string of the molecule is CC(C)(C)OC(=O)N1CCC[C@H]1c1ncc(-c2ccc3cc(-c4ccc5nc([C@@H]6CCCN6C(=O)OC(C)(C)C)[nH]c5c4)ccc3c2)[nH]1.COC(=O)C[C@H](C(=O)O)C(C)C. The van der Waals surface area contributed by atoms with Crippen LogP contribution in [0.2, 0.25) is 0 Å². The van der Waals surface area contributed by atoms with Crippen molar-refractivity contribution in [2.24, 2.45) is 11.8 Å². The molecule has 14 nitrogen and oxygen atoms in total. The number of H-pyrrole nitrogens is 2. The highest BCUT2D eigenvalue weighted by Gasteiger charge is 2.36. The molecule has 0 aliphatic carbocycles. The van der Waals surface area contributed by atoms with Gasteiger partial charge in [0.25, 0.3) is 0 Å². The molecule has 320 valence electrons. The summed E-state index contributed by atoms with van der Waals surface area (Å²) in [6, 6.07) is 18.9. The van der Waals surface area contributed by atoms with Crippen LogP contribution >= 0.6 is 0 Å². The Hall–Kier alpha value is -5.92. The molecule has 2 aliphatic heterocycles. The average molecular weight is 823 g/mol. The summed E-state index contributed by atoms with van der Waals surface area (Å²) in [5.74, 6) is -0.541. The number of aromatic nitrogens is 4. The lowest BCUT2D eigenvalue weighted by atomic mass is 9.93. The van der Waals surface area contributed by atoms with E-state index in [1.807, 2.05) is 53.8 Å². The van der Waals surface area contributed by atoms with Crippen LogP contribution < -0.4 is 0 Å². The number of carbonyl (C=O) groups is 4. The van der Waals surface area contributed by atoms with E-state index in [9.17, 15) is 19.2 Å². The van der Waals surface area contributed by atoms with Crippen LogP contribution in [-0.2, 0) is 23.8 Å². The van der Waals surface area contributed by atoms with Gasteiger partial charge in [0.15, 0.2) is 0 Å². The number of imidazole rings is 2. The molecule has 2 fully saturated rings. The van der Waals surface area contributed by atoms with Crippen molar-refractivity contribution in [3.63, 3.8) is 0 Å². The van der Waals surface area contributed by atoms with E-state index in [-0.39, 0.29) is 36.6 Å². The summed E-state index contributed by atoms with van der Waals surface area (Å²) in [7, 11) is 1.25. The second kappa shape index (κ2) is 17.7. The zero-order chi connectivity index (χ0) is 43.5. The van der Waals surface area contributed by atoms with Crippen molar-refractivity contribution in [3.8, 4) is 22.4 Å². The Kier molecular flexibility index (Phi) is 12.9. The lowest BCUT2D eigenvalue weighted by molar-refractivity contribution is -0.151. The number of aromatic amines is 2. The Labute approximate surface area is 351 Å². The molecule has 7 rings (SSSR count). The summed E-state index contributed by atoms with van der Waals surface area (Å²) in [4.78, 5) is 67.1. The molecule has 0 bridgehead atoms. The number of esters is 1. The maximum absolute atomic E-state index is 12.9. The molecule has 2 aromatic heterocycles. The maximum atomic E-state index is 12.9. The topological polar surface area (TPSA) is 180 Å². The van der Waals surface area contributed by atoms with Gasteiger partial charge < -0.3 is 29.3 Å². The van der Waals surface area contributed by atoms with Crippen LogP contribution in [0.15, 0.2) is 60.8 Å². The second-order valence-electron chi connectivity index (χ2n) is 17.9. The van der Waals surface area contributed by atoms with E-state index < -0.39 is 29.1 Å². The molecule has 5 aromatic rings. The number of hydrogen-bond acceptors (Lipinski definition) is 9. The van der Waals surface area contributed by atoms with Crippen LogP contribution in [0, 0.1) is 11.8 Å². The maximum Gasteiger partial charge on any atom is 0.410 e. The quantitative estimate of drug-likeness (QED) is 0.101. The number of carboxylic acids is 1. The molecule has 14 heteroatoms. The number of aliphatic carboxylic acids is 1. The minimum Gasteiger partial charge on any atom is -0.481 e. The van der Waals surface area contributed by atoms with Crippen molar-refractivity contribution in [2.75, 3.05) is 20.2 Å². The predicted molar refractivity (Wildman–Crippen MR) is 229 cm³/mol. The van der Waals surface area contributed by atoms with Crippen molar-refractivity contribution in [3.05, 3.63) is 72.4 Å². The zero-order valence-corrected chi connectivity index (χ0v) is 36.1. The number of likely N-dealkylation sites (tertiary alicyclic amines) is 2. The van der Waals surface area contributed by atoms with E-state index in [0.29, 0.717) is 13.1 Å². The van der Waals surface area contributed by atoms with Gasteiger partial charge in [-0.3, -0.25) is 19.4 Å². The first-order valence-electron chi connectivity index (χ1n) is 20.7. The van der Waals surface area contributed by atoms with Gasteiger partial charge >= 0.3 is 24.1 Å². The van der Waals surface area contributed by atoms with Crippen LogP contribution in [0.25, 0.3) is 44.2 Å². The van der Waals surface area contributed by atoms with Gasteiger partial charge in [0.05, 0.1) is 54.5 Å². The first-order chi connectivity index (χ1) is 28.3. The van der Waals surface area contributed by atoms with Crippen LogP contribution in [0.4, 0.5) is 9.59 Å². The Morgan fingerprint density at radius 3 is 1.85 bits per heavy atom. The van der Waals surface area contributed by atoms with Gasteiger partial charge in [-0.15, -0.1) is 0 Å². The number of carbonyl (C=O) groups excluding carboxylic acids is 3. The molecular formula is C46H58N6O8. The van der Waals surface area contributed by atoms with Crippen molar-refractivity contribution >= 4 is 45.9 Å². The minimum absolute atomic E-state index is 0.0521. The Bertz CT molecular complexity index is 2350. The number of nitrogens with zero attached hydrogens (tertiary/aromatic N) is 4. The van der Waals surface area contributed by atoms with E-state index in [1.165, 1.54) is 7.11 Å². The largest absolute Gasteiger partial charge is 0.481 e. The van der Waals surface area contributed by atoms with Gasteiger partial charge in [-0.2, -0.15) is 0 Å². The third-order valence-electron chi connectivity index (χ3n) is 10.7. The highest BCUT2D eigenvalue weighted by molar-refractivity contribution is 5.92. The number of amides is 2. The molecular weight excluding hydrogens is 765 g/mol. The fourth-order valence-electron chi connectivity index (χ4n) is 7.66. The van der Waals surface area contributed by atoms with Crippen molar-refractivity contribution in [2.45, 2.75) is 111 Å². The van der Waals surface area contributed by atoms with Crippen molar-refractivity contribution in [1.82, 2.24) is 29.7 Å². The number of methoxy groups -OCH3 is 1. The van der Waals surface area contributed by atoms with Gasteiger partial charge in [0, 0.05) is 18.7 Å². The molecule has 2 saturated heterocycles. The molecule has 0 saturated carbocycles. The molecule has 3 aromatic carbocycles. The molecule has 60 heavy (non-hydrogen) atoms. The number of carboxylic acid groups (broad SMARTS) is 1. The molecule has 4 heterocycles.